The Morgan fingerprint density at radius 3 is 1.73 bits per heavy atom. The lowest BCUT2D eigenvalue weighted by atomic mass is 9.96. The Morgan fingerprint density at radius 1 is 0.800 bits per heavy atom. The molecular weight excluding hydrogens is 407 g/mol. The number of carbonyl (C=O) groups excluding carboxylic acids is 1. The molecule has 0 radical (unpaired) electrons. The zero-order chi connectivity index (χ0) is 22.7. The summed E-state index contributed by atoms with van der Waals surface area (Å²) >= 11 is 0. The topological polar surface area (TPSA) is 91.3 Å². The van der Waals surface area contributed by atoms with Gasteiger partial charge < -0.3 is 4.89 Å². The second-order valence-electron chi connectivity index (χ2n) is 7.66. The number of hydrogen-bond donors (Lipinski definition) is 1. The monoisotopic (exact) mass is 450 g/mol. The summed E-state index contributed by atoms with van der Waals surface area (Å²) in [6, 6.07) is 0. The third kappa shape index (κ3) is 16.0. The van der Waals surface area contributed by atoms with E-state index >= 15 is 0 Å². The van der Waals surface area contributed by atoms with E-state index in [0.29, 0.717) is 5.57 Å². The van der Waals surface area contributed by atoms with Gasteiger partial charge in [-0.3, -0.25) is 9.41 Å². The quantitative estimate of drug-likeness (QED) is 0.0681. The first kappa shape index (κ1) is 29.3. The van der Waals surface area contributed by atoms with Crippen molar-refractivity contribution in [3.05, 3.63) is 11.1 Å². The van der Waals surface area contributed by atoms with Crippen LogP contribution >= 0.6 is 7.82 Å². The van der Waals surface area contributed by atoms with Crippen LogP contribution < -0.4 is 0 Å². The summed E-state index contributed by atoms with van der Waals surface area (Å²) in [5.74, 6) is -0.710. The zero-order valence-corrected chi connectivity index (χ0v) is 20.3. The fourth-order valence-corrected chi connectivity index (χ4v) is 3.69. The number of unbranched alkanes of at least 4 members (excludes halogenated alkanes) is 10. The molecule has 0 aromatic rings. The minimum Gasteiger partial charge on any atom is -0.301 e. The van der Waals surface area contributed by atoms with E-state index in [-0.39, 0.29) is 6.61 Å². The lowest BCUT2D eigenvalue weighted by Crippen LogP contribution is -2.10. The average Bonchev–Trinajstić information content (AvgIpc) is 2.70. The fraction of sp³-hybridized carbons (Fsp3) is 0.864. The highest BCUT2D eigenvalue weighted by molar-refractivity contribution is 7.47. The second-order valence-corrected chi connectivity index (χ2v) is 9.01. The van der Waals surface area contributed by atoms with Gasteiger partial charge in [-0.1, -0.05) is 88.3 Å². The summed E-state index contributed by atoms with van der Waals surface area (Å²) in [5.41, 5.74) is 1.54. The lowest BCUT2D eigenvalue weighted by molar-refractivity contribution is -0.442. The zero-order valence-electron chi connectivity index (χ0n) is 19.5. The predicted octanol–water partition coefficient (Wildman–Crippen LogP) is 7.35. The molecule has 1 unspecified atom stereocenters. The number of rotatable bonds is 20. The van der Waals surface area contributed by atoms with Crippen molar-refractivity contribution in [1.29, 1.82) is 0 Å². The predicted molar refractivity (Wildman–Crippen MR) is 118 cm³/mol. The molecule has 0 saturated heterocycles. The van der Waals surface area contributed by atoms with Crippen LogP contribution in [0.25, 0.3) is 0 Å². The number of phosphoric ester groups is 1. The van der Waals surface area contributed by atoms with Crippen molar-refractivity contribution >= 4 is 13.8 Å². The highest BCUT2D eigenvalue weighted by Crippen LogP contribution is 2.43. The van der Waals surface area contributed by atoms with Gasteiger partial charge in [-0.25, -0.2) is 9.36 Å². The summed E-state index contributed by atoms with van der Waals surface area (Å²) in [5, 5.41) is 4.20. The molecule has 0 aromatic heterocycles. The standard InChI is InChI=1S/C22H43O7P/c1-5-8-10-12-14-16-18-21(19-17-15-13-11-9-6-2)20(4)22(23)27-28-29-30(24,25)26-7-3/h5-19H2,1-4H3,(H,24,25). The van der Waals surface area contributed by atoms with Crippen molar-refractivity contribution in [2.75, 3.05) is 6.61 Å². The van der Waals surface area contributed by atoms with Gasteiger partial charge in [0.1, 0.15) is 0 Å². The molecule has 0 amide bonds. The molecular formula is C22H43O7P. The third-order valence-corrected chi connectivity index (χ3v) is 5.86. The van der Waals surface area contributed by atoms with Gasteiger partial charge in [0.15, 0.2) is 0 Å². The van der Waals surface area contributed by atoms with Crippen LogP contribution in [-0.2, 0) is 28.5 Å². The van der Waals surface area contributed by atoms with E-state index in [1.807, 2.05) is 0 Å². The summed E-state index contributed by atoms with van der Waals surface area (Å²) < 4.78 is 20.0. The molecule has 7 nitrogen and oxygen atoms in total. The summed E-state index contributed by atoms with van der Waals surface area (Å²) in [6.07, 6.45) is 15.9. The Labute approximate surface area is 183 Å². The van der Waals surface area contributed by atoms with E-state index in [1.165, 1.54) is 58.3 Å². The molecule has 0 aliphatic rings. The lowest BCUT2D eigenvalue weighted by Gasteiger charge is -2.12. The number of phosphoric acid groups is 1. The smallest absolute Gasteiger partial charge is 0.301 e. The van der Waals surface area contributed by atoms with E-state index < -0.39 is 13.8 Å². The molecule has 30 heavy (non-hydrogen) atoms. The maximum atomic E-state index is 12.3. The molecule has 0 saturated carbocycles. The van der Waals surface area contributed by atoms with Gasteiger partial charge in [-0.2, -0.15) is 0 Å². The maximum absolute atomic E-state index is 12.3. The molecule has 178 valence electrons. The maximum Gasteiger partial charge on any atom is 0.502 e. The number of hydrogen-bond acceptors (Lipinski definition) is 6. The van der Waals surface area contributed by atoms with Crippen molar-refractivity contribution in [3.63, 3.8) is 0 Å². The van der Waals surface area contributed by atoms with E-state index in [2.05, 4.69) is 33.0 Å². The molecule has 0 bridgehead atoms. The molecule has 0 heterocycles. The first-order valence-corrected chi connectivity index (χ1v) is 13.1. The highest BCUT2D eigenvalue weighted by Gasteiger charge is 2.24. The van der Waals surface area contributed by atoms with Crippen LogP contribution in [0.5, 0.6) is 0 Å². The largest absolute Gasteiger partial charge is 0.502 e. The molecule has 0 fully saturated rings. The Kier molecular flexibility index (Phi) is 18.5. The summed E-state index contributed by atoms with van der Waals surface area (Å²) in [7, 11) is -4.38. The van der Waals surface area contributed by atoms with Crippen LogP contribution in [0.15, 0.2) is 11.1 Å². The van der Waals surface area contributed by atoms with Crippen molar-refractivity contribution in [2.24, 2.45) is 0 Å². The molecule has 0 spiro atoms. The molecule has 1 N–H and O–H groups in total. The van der Waals surface area contributed by atoms with Crippen molar-refractivity contribution in [2.45, 2.75) is 118 Å². The third-order valence-electron chi connectivity index (χ3n) is 5.03. The van der Waals surface area contributed by atoms with Gasteiger partial charge in [-0.05, 0) is 44.6 Å². The Hall–Kier alpha value is -0.720. The molecule has 0 aromatic carbocycles. The molecule has 8 heteroatoms. The van der Waals surface area contributed by atoms with Crippen LogP contribution in [0, 0.1) is 0 Å². The normalized spacial score (nSPS) is 13.1. The Bertz CT molecular complexity index is 502. The molecule has 0 aliphatic heterocycles. The van der Waals surface area contributed by atoms with Crippen LogP contribution in [0.1, 0.15) is 118 Å². The van der Waals surface area contributed by atoms with E-state index in [1.54, 1.807) is 6.92 Å². The van der Waals surface area contributed by atoms with Gasteiger partial charge in [0, 0.05) is 5.57 Å². The first-order valence-electron chi connectivity index (χ1n) is 11.6. The van der Waals surface area contributed by atoms with Gasteiger partial charge in [0.2, 0.25) is 0 Å². The molecule has 0 aliphatic carbocycles. The van der Waals surface area contributed by atoms with E-state index in [0.717, 1.165) is 44.1 Å². The van der Waals surface area contributed by atoms with Gasteiger partial charge in [0.25, 0.3) is 0 Å². The first-order chi connectivity index (χ1) is 14.4. The summed E-state index contributed by atoms with van der Waals surface area (Å²) in [6.45, 7) is 7.60. The molecule has 0 rings (SSSR count). The van der Waals surface area contributed by atoms with Crippen LogP contribution in [-0.4, -0.2) is 17.5 Å². The SMILES string of the molecule is CCCCCCCCC(CCCCCCCC)=C(C)C(=O)OOOP(=O)(O)OCC. The fourth-order valence-electron chi connectivity index (χ4n) is 3.21. The van der Waals surface area contributed by atoms with Crippen LogP contribution in [0.4, 0.5) is 0 Å². The highest BCUT2D eigenvalue weighted by atomic mass is 31.2. The minimum absolute atomic E-state index is 0.0370. The van der Waals surface area contributed by atoms with E-state index in [9.17, 15) is 14.3 Å². The Balaban J connectivity index is 4.63. The van der Waals surface area contributed by atoms with Crippen LogP contribution in [0.2, 0.25) is 0 Å². The Morgan fingerprint density at radius 2 is 1.27 bits per heavy atom. The van der Waals surface area contributed by atoms with Crippen LogP contribution in [0.3, 0.4) is 0 Å². The number of allylic oxidation sites excluding steroid dienone is 1. The summed E-state index contributed by atoms with van der Waals surface area (Å²) in [4.78, 5) is 26.1. The van der Waals surface area contributed by atoms with Gasteiger partial charge >= 0.3 is 13.8 Å². The van der Waals surface area contributed by atoms with Gasteiger partial charge in [0.05, 0.1) is 6.61 Å². The average molecular weight is 451 g/mol. The van der Waals surface area contributed by atoms with Crippen molar-refractivity contribution in [1.82, 2.24) is 0 Å². The second kappa shape index (κ2) is 19.0. The minimum atomic E-state index is -4.38. The molecule has 1 atom stereocenters. The number of carbonyl (C=O) groups is 1. The van der Waals surface area contributed by atoms with Crippen molar-refractivity contribution in [3.8, 4) is 0 Å². The van der Waals surface area contributed by atoms with E-state index in [4.69, 9.17) is 0 Å². The van der Waals surface area contributed by atoms with Crippen molar-refractivity contribution < 1.29 is 33.4 Å². The van der Waals surface area contributed by atoms with Gasteiger partial charge in [-0.15, -0.1) is 0 Å².